The molecule has 0 radical (unpaired) electrons. The Hall–Kier alpha value is -2.15. The molecule has 1 aliphatic carbocycles. The second-order valence-electron chi connectivity index (χ2n) is 4.95. The second-order valence-corrected chi connectivity index (χ2v) is 4.95. The number of rotatable bonds is 4. The Bertz CT molecular complexity index is 582. The van der Waals surface area contributed by atoms with Gasteiger partial charge in [-0.05, 0) is 36.1 Å². The monoisotopic (exact) mass is 247 g/mol. The highest BCUT2D eigenvalue weighted by atomic mass is 14.7. The summed E-state index contributed by atoms with van der Waals surface area (Å²) >= 11 is 0. The molecule has 0 bridgehead atoms. The van der Waals surface area contributed by atoms with Gasteiger partial charge in [-0.1, -0.05) is 54.6 Å². The maximum atomic E-state index is 4.39. The van der Waals surface area contributed by atoms with E-state index >= 15 is 0 Å². The average Bonchev–Trinajstić information content (AvgIpc) is 2.88. The number of aromatic nitrogens is 1. The van der Waals surface area contributed by atoms with Crippen LogP contribution in [0.4, 0.5) is 0 Å². The van der Waals surface area contributed by atoms with Gasteiger partial charge in [-0.3, -0.25) is 4.98 Å². The van der Waals surface area contributed by atoms with Gasteiger partial charge in [-0.25, -0.2) is 0 Å². The molecule has 1 aliphatic rings. The fourth-order valence-electron chi connectivity index (χ4n) is 2.47. The largest absolute Gasteiger partial charge is 0.261 e. The first-order chi connectivity index (χ1) is 9.40. The Morgan fingerprint density at radius 2 is 1.79 bits per heavy atom. The lowest BCUT2D eigenvalue weighted by atomic mass is 10.0. The minimum Gasteiger partial charge on any atom is -0.261 e. The molecule has 19 heavy (non-hydrogen) atoms. The Morgan fingerprint density at radius 1 is 0.947 bits per heavy atom. The molecule has 94 valence electrons. The molecule has 0 N–H and O–H groups in total. The van der Waals surface area contributed by atoms with E-state index in [0.717, 1.165) is 18.5 Å². The van der Waals surface area contributed by atoms with Crippen LogP contribution in [0.15, 0.2) is 78.5 Å². The molecule has 1 atom stereocenters. The van der Waals surface area contributed by atoms with Crippen molar-refractivity contribution < 1.29 is 0 Å². The summed E-state index contributed by atoms with van der Waals surface area (Å²) in [4.78, 5) is 4.39. The van der Waals surface area contributed by atoms with Crippen LogP contribution in [0, 0.1) is 5.92 Å². The fourth-order valence-corrected chi connectivity index (χ4v) is 2.47. The van der Waals surface area contributed by atoms with E-state index in [1.54, 1.807) is 0 Å². The highest BCUT2D eigenvalue weighted by Gasteiger charge is 2.11. The summed E-state index contributed by atoms with van der Waals surface area (Å²) in [6, 6.07) is 16.7. The topological polar surface area (TPSA) is 12.9 Å². The SMILES string of the molecule is C1=CC(Cc2ccccn2)C=C1Cc1ccccc1. The summed E-state index contributed by atoms with van der Waals surface area (Å²) in [5.74, 6) is 0.494. The molecule has 0 amide bonds. The zero-order valence-corrected chi connectivity index (χ0v) is 10.9. The molecule has 1 unspecified atom stereocenters. The highest BCUT2D eigenvalue weighted by Crippen LogP contribution is 2.22. The van der Waals surface area contributed by atoms with Gasteiger partial charge in [0.2, 0.25) is 0 Å². The Balaban J connectivity index is 1.64. The van der Waals surface area contributed by atoms with Crippen LogP contribution in [0.25, 0.3) is 0 Å². The van der Waals surface area contributed by atoms with Gasteiger partial charge < -0.3 is 0 Å². The maximum Gasteiger partial charge on any atom is 0.0412 e. The fraction of sp³-hybridized carbons (Fsp3) is 0.167. The van der Waals surface area contributed by atoms with Crippen LogP contribution in [0.2, 0.25) is 0 Å². The van der Waals surface area contributed by atoms with Gasteiger partial charge in [0.05, 0.1) is 0 Å². The van der Waals surface area contributed by atoms with Gasteiger partial charge in [0, 0.05) is 17.8 Å². The zero-order chi connectivity index (χ0) is 12.9. The number of nitrogens with zero attached hydrogens (tertiary/aromatic N) is 1. The van der Waals surface area contributed by atoms with E-state index in [2.05, 4.69) is 65.7 Å². The van der Waals surface area contributed by atoms with Crippen molar-refractivity contribution in [3.63, 3.8) is 0 Å². The summed E-state index contributed by atoms with van der Waals surface area (Å²) in [5, 5.41) is 0. The van der Waals surface area contributed by atoms with Crippen LogP contribution in [0.5, 0.6) is 0 Å². The van der Waals surface area contributed by atoms with Crippen molar-refractivity contribution in [1.82, 2.24) is 4.98 Å². The molecule has 3 rings (SSSR count). The van der Waals surface area contributed by atoms with Gasteiger partial charge in [0.1, 0.15) is 0 Å². The Labute approximate surface area is 114 Å². The molecule has 0 saturated heterocycles. The first-order valence-corrected chi connectivity index (χ1v) is 6.73. The number of hydrogen-bond donors (Lipinski definition) is 0. The molecule has 1 aromatic carbocycles. The molecule has 1 heterocycles. The second kappa shape index (κ2) is 5.66. The summed E-state index contributed by atoms with van der Waals surface area (Å²) in [7, 11) is 0. The number of hydrogen-bond acceptors (Lipinski definition) is 1. The predicted molar refractivity (Wildman–Crippen MR) is 78.8 cm³/mol. The normalized spacial score (nSPS) is 17.5. The van der Waals surface area contributed by atoms with E-state index in [1.165, 1.54) is 11.1 Å². The lowest BCUT2D eigenvalue weighted by molar-refractivity contribution is 0.787. The van der Waals surface area contributed by atoms with Crippen molar-refractivity contribution in [2.24, 2.45) is 5.92 Å². The predicted octanol–water partition coefficient (Wildman–Crippen LogP) is 3.98. The first-order valence-electron chi connectivity index (χ1n) is 6.73. The van der Waals surface area contributed by atoms with Crippen LogP contribution in [0.3, 0.4) is 0 Å². The van der Waals surface area contributed by atoms with E-state index < -0.39 is 0 Å². The average molecular weight is 247 g/mol. The van der Waals surface area contributed by atoms with Crippen LogP contribution in [-0.2, 0) is 12.8 Å². The molecule has 1 nitrogen and oxygen atoms in total. The molecular weight excluding hydrogens is 230 g/mol. The maximum absolute atomic E-state index is 4.39. The van der Waals surface area contributed by atoms with Gasteiger partial charge in [0.25, 0.3) is 0 Å². The summed E-state index contributed by atoms with van der Waals surface area (Å²) < 4.78 is 0. The summed E-state index contributed by atoms with van der Waals surface area (Å²) in [5.41, 5.74) is 3.94. The molecule has 0 saturated carbocycles. The first kappa shape index (κ1) is 11.9. The van der Waals surface area contributed by atoms with E-state index in [1.807, 2.05) is 12.3 Å². The highest BCUT2D eigenvalue weighted by molar-refractivity contribution is 5.35. The van der Waals surface area contributed by atoms with Crippen LogP contribution >= 0.6 is 0 Å². The van der Waals surface area contributed by atoms with Gasteiger partial charge >= 0.3 is 0 Å². The van der Waals surface area contributed by atoms with E-state index in [0.29, 0.717) is 5.92 Å². The number of benzene rings is 1. The smallest absolute Gasteiger partial charge is 0.0412 e. The Morgan fingerprint density at radius 3 is 2.58 bits per heavy atom. The molecular formula is C18H17N. The van der Waals surface area contributed by atoms with Crippen molar-refractivity contribution in [3.8, 4) is 0 Å². The van der Waals surface area contributed by atoms with Crippen molar-refractivity contribution >= 4 is 0 Å². The third kappa shape index (κ3) is 3.19. The molecule has 1 heteroatoms. The van der Waals surface area contributed by atoms with E-state index in [9.17, 15) is 0 Å². The van der Waals surface area contributed by atoms with E-state index in [-0.39, 0.29) is 0 Å². The quantitative estimate of drug-likeness (QED) is 0.796. The number of pyridine rings is 1. The molecule has 1 aromatic heterocycles. The van der Waals surface area contributed by atoms with Gasteiger partial charge in [0.15, 0.2) is 0 Å². The third-order valence-corrected chi connectivity index (χ3v) is 3.41. The zero-order valence-electron chi connectivity index (χ0n) is 10.9. The molecule has 2 aromatic rings. The van der Waals surface area contributed by atoms with E-state index in [4.69, 9.17) is 0 Å². The van der Waals surface area contributed by atoms with Gasteiger partial charge in [-0.2, -0.15) is 0 Å². The van der Waals surface area contributed by atoms with Crippen LogP contribution < -0.4 is 0 Å². The van der Waals surface area contributed by atoms with Crippen LogP contribution in [-0.4, -0.2) is 4.98 Å². The minimum atomic E-state index is 0.494. The lowest BCUT2D eigenvalue weighted by Gasteiger charge is -2.04. The van der Waals surface area contributed by atoms with Crippen LogP contribution in [0.1, 0.15) is 11.3 Å². The minimum absolute atomic E-state index is 0.494. The third-order valence-electron chi connectivity index (χ3n) is 3.41. The van der Waals surface area contributed by atoms with Crippen molar-refractivity contribution in [3.05, 3.63) is 89.8 Å². The van der Waals surface area contributed by atoms with Crippen molar-refractivity contribution in [2.45, 2.75) is 12.8 Å². The molecule has 0 aliphatic heterocycles. The standard InChI is InChI=1S/C18H17N/c1-2-6-15(7-3-1)12-16-9-10-17(13-16)14-18-8-4-5-11-19-18/h1-11,13,17H,12,14H2. The molecule has 0 fully saturated rings. The Kier molecular flexibility index (Phi) is 3.55. The van der Waals surface area contributed by atoms with Gasteiger partial charge in [-0.15, -0.1) is 0 Å². The summed E-state index contributed by atoms with van der Waals surface area (Å²) in [6.45, 7) is 0. The summed E-state index contributed by atoms with van der Waals surface area (Å²) in [6.07, 6.45) is 10.8. The van der Waals surface area contributed by atoms with Crippen molar-refractivity contribution in [1.29, 1.82) is 0 Å². The van der Waals surface area contributed by atoms with Crippen molar-refractivity contribution in [2.75, 3.05) is 0 Å². The molecule has 0 spiro atoms. The lowest BCUT2D eigenvalue weighted by Crippen LogP contribution is -1.98. The number of allylic oxidation sites excluding steroid dienone is 4.